The van der Waals surface area contributed by atoms with E-state index in [9.17, 15) is 9.59 Å². The molecule has 3 heterocycles. The highest BCUT2D eigenvalue weighted by molar-refractivity contribution is 5.75. The third-order valence-electron chi connectivity index (χ3n) is 11.4. The summed E-state index contributed by atoms with van der Waals surface area (Å²) >= 11 is 0. The Morgan fingerprint density at radius 1 is 1.03 bits per heavy atom. The molecule has 6 rings (SSSR count). The fraction of sp³-hybridized carbons (Fsp3) is 0.935. The zero-order chi connectivity index (χ0) is 27.3. The summed E-state index contributed by atoms with van der Waals surface area (Å²) in [5.74, 6) is 1.75. The Balaban J connectivity index is 1.17. The number of carbonyl (C=O) groups excluding carboxylic acids is 2. The van der Waals surface area contributed by atoms with Crippen LogP contribution in [0.5, 0.6) is 0 Å². The molecule has 0 aromatic heterocycles. The Hall–Kier alpha value is -1.38. The maximum Gasteiger partial charge on any atom is 0.410 e. The molecule has 8 unspecified atom stereocenters. The van der Waals surface area contributed by atoms with E-state index in [2.05, 4.69) is 46.3 Å². The number of hydrogen-bond acceptors (Lipinski definition) is 6. The number of hydrogen-bond donors (Lipinski definition) is 2. The van der Waals surface area contributed by atoms with E-state index >= 15 is 0 Å². The van der Waals surface area contributed by atoms with E-state index < -0.39 is 0 Å². The fourth-order valence-corrected chi connectivity index (χ4v) is 9.34. The van der Waals surface area contributed by atoms with Crippen LogP contribution < -0.4 is 10.7 Å². The molecule has 0 aromatic rings. The standard InChI is InChI=1S/C31H53N5O3/c1-5-13-31(4)15-25-26(32-19-31)7-6-8-29(25)39-30(38)34-17-20(2)36(21(3)37)27-12-9-22(14-28(27)34)23-16-33-35(18-23)24-10-11-24/h20,22-29,32-33H,5-19H2,1-4H3/t20-,22?,23?,25?,26?,27?,28?,29?,31?/m0/s1. The van der Waals surface area contributed by atoms with Gasteiger partial charge in [0.1, 0.15) is 6.10 Å². The summed E-state index contributed by atoms with van der Waals surface area (Å²) in [6.45, 7) is 12.3. The van der Waals surface area contributed by atoms with Crippen molar-refractivity contribution in [3.63, 3.8) is 0 Å². The molecule has 0 bridgehead atoms. The predicted molar refractivity (Wildman–Crippen MR) is 152 cm³/mol. The van der Waals surface area contributed by atoms with E-state index in [-0.39, 0.29) is 41.6 Å². The van der Waals surface area contributed by atoms with E-state index in [1.807, 2.05) is 0 Å². The molecule has 9 atom stereocenters. The topological polar surface area (TPSA) is 77.1 Å². The van der Waals surface area contributed by atoms with Crippen LogP contribution in [0.2, 0.25) is 0 Å². The van der Waals surface area contributed by atoms with Gasteiger partial charge in [0, 0.05) is 57.1 Å². The summed E-state index contributed by atoms with van der Waals surface area (Å²) in [6, 6.07) is 1.38. The lowest BCUT2D eigenvalue weighted by Gasteiger charge is -2.54. The van der Waals surface area contributed by atoms with Crippen LogP contribution in [0, 0.1) is 23.2 Å². The lowest BCUT2D eigenvalue weighted by molar-refractivity contribution is -0.143. The van der Waals surface area contributed by atoms with E-state index in [0.29, 0.717) is 30.3 Å². The Morgan fingerprint density at radius 3 is 2.59 bits per heavy atom. The second-order valence-corrected chi connectivity index (χ2v) is 14.4. The van der Waals surface area contributed by atoms with Gasteiger partial charge in [-0.1, -0.05) is 20.3 Å². The molecule has 2 N–H and O–H groups in total. The number of piperidine rings is 1. The molecule has 0 aromatic carbocycles. The number of hydrazine groups is 1. The SMILES string of the molecule is CCCC1(C)CNC2CCCC(OC(=O)N3C[C@H](C)N(C(C)=O)C4CCC(C5CNN(C6CC6)C5)CC43)C2C1. The lowest BCUT2D eigenvalue weighted by Crippen LogP contribution is -2.67. The Bertz CT molecular complexity index is 913. The fourth-order valence-electron chi connectivity index (χ4n) is 9.34. The van der Waals surface area contributed by atoms with Gasteiger partial charge in [-0.3, -0.25) is 10.2 Å². The highest BCUT2D eigenvalue weighted by atomic mass is 16.6. The smallest absolute Gasteiger partial charge is 0.410 e. The summed E-state index contributed by atoms with van der Waals surface area (Å²) < 4.78 is 6.51. The van der Waals surface area contributed by atoms with Crippen LogP contribution in [0.3, 0.4) is 0 Å². The molecule has 0 radical (unpaired) electrons. The Morgan fingerprint density at radius 2 is 1.85 bits per heavy atom. The van der Waals surface area contributed by atoms with Crippen LogP contribution >= 0.6 is 0 Å². The first-order valence-corrected chi connectivity index (χ1v) is 16.3. The molecule has 220 valence electrons. The predicted octanol–water partition coefficient (Wildman–Crippen LogP) is 4.15. The van der Waals surface area contributed by atoms with Gasteiger partial charge >= 0.3 is 6.09 Å². The molecule has 6 aliphatic rings. The first-order valence-electron chi connectivity index (χ1n) is 16.3. The van der Waals surface area contributed by atoms with Gasteiger partial charge in [0.15, 0.2) is 0 Å². The number of carbonyl (C=O) groups is 2. The minimum atomic E-state index is -0.127. The van der Waals surface area contributed by atoms with Gasteiger partial charge in [0.25, 0.3) is 0 Å². The van der Waals surface area contributed by atoms with Crippen LogP contribution in [0.15, 0.2) is 0 Å². The van der Waals surface area contributed by atoms with Gasteiger partial charge in [-0.15, -0.1) is 0 Å². The number of rotatable bonds is 5. The van der Waals surface area contributed by atoms with Crippen molar-refractivity contribution < 1.29 is 14.3 Å². The minimum absolute atomic E-state index is 0.00894. The second-order valence-electron chi connectivity index (χ2n) is 14.4. The van der Waals surface area contributed by atoms with Crippen molar-refractivity contribution >= 4 is 12.0 Å². The first kappa shape index (κ1) is 27.8. The zero-order valence-electron chi connectivity index (χ0n) is 24.9. The molecular weight excluding hydrogens is 490 g/mol. The molecule has 3 aliphatic carbocycles. The molecule has 3 saturated carbocycles. The van der Waals surface area contributed by atoms with E-state index in [1.165, 1.54) is 32.1 Å². The van der Waals surface area contributed by atoms with Gasteiger partial charge in [0.2, 0.25) is 5.91 Å². The zero-order valence-corrected chi connectivity index (χ0v) is 24.9. The molecule has 0 spiro atoms. The van der Waals surface area contributed by atoms with Crippen molar-refractivity contribution in [2.75, 3.05) is 26.2 Å². The van der Waals surface area contributed by atoms with Gasteiger partial charge < -0.3 is 19.9 Å². The number of ether oxygens (including phenoxy) is 1. The van der Waals surface area contributed by atoms with Crippen molar-refractivity contribution in [3.05, 3.63) is 0 Å². The largest absolute Gasteiger partial charge is 0.446 e. The molecule has 6 fully saturated rings. The first-order chi connectivity index (χ1) is 18.8. The van der Waals surface area contributed by atoms with Crippen LogP contribution in [0.1, 0.15) is 98.3 Å². The van der Waals surface area contributed by atoms with Gasteiger partial charge in [0.05, 0.1) is 12.1 Å². The van der Waals surface area contributed by atoms with E-state index in [4.69, 9.17) is 4.74 Å². The molecule has 3 aliphatic heterocycles. The number of amides is 2. The van der Waals surface area contributed by atoms with Crippen LogP contribution in [-0.4, -0.2) is 89.3 Å². The lowest BCUT2D eigenvalue weighted by atomic mass is 9.67. The summed E-state index contributed by atoms with van der Waals surface area (Å²) in [5, 5.41) is 6.31. The molecule has 2 amide bonds. The maximum atomic E-state index is 14.0. The average molecular weight is 544 g/mol. The highest BCUT2D eigenvalue weighted by Gasteiger charge is 2.50. The number of nitrogens with one attached hydrogen (secondary N) is 2. The van der Waals surface area contributed by atoms with Crippen molar-refractivity contribution in [1.29, 1.82) is 0 Å². The summed E-state index contributed by atoms with van der Waals surface area (Å²) in [6.07, 6.45) is 12.4. The molecular formula is C31H53N5O3. The monoisotopic (exact) mass is 543 g/mol. The van der Waals surface area contributed by atoms with Crippen LogP contribution in [0.4, 0.5) is 4.79 Å². The minimum Gasteiger partial charge on any atom is -0.446 e. The highest BCUT2D eigenvalue weighted by Crippen LogP contribution is 2.44. The number of nitrogens with zero attached hydrogens (tertiary/aromatic N) is 3. The molecule has 8 nitrogen and oxygen atoms in total. The van der Waals surface area contributed by atoms with Crippen LogP contribution in [-0.2, 0) is 9.53 Å². The quantitative estimate of drug-likeness (QED) is 0.543. The van der Waals surface area contributed by atoms with Gasteiger partial charge in [-0.2, -0.15) is 0 Å². The van der Waals surface area contributed by atoms with Gasteiger partial charge in [-0.05, 0) is 88.4 Å². The van der Waals surface area contributed by atoms with Crippen molar-refractivity contribution in [2.24, 2.45) is 23.2 Å². The summed E-state index contributed by atoms with van der Waals surface area (Å²) in [4.78, 5) is 31.0. The van der Waals surface area contributed by atoms with Crippen molar-refractivity contribution in [1.82, 2.24) is 25.6 Å². The van der Waals surface area contributed by atoms with E-state index in [0.717, 1.165) is 64.2 Å². The van der Waals surface area contributed by atoms with Crippen molar-refractivity contribution in [3.8, 4) is 0 Å². The molecule has 39 heavy (non-hydrogen) atoms. The number of fused-ring (bicyclic) bond motifs is 2. The van der Waals surface area contributed by atoms with Crippen molar-refractivity contribution in [2.45, 2.75) is 135 Å². The third kappa shape index (κ3) is 5.59. The summed E-state index contributed by atoms with van der Waals surface area (Å²) in [5.41, 5.74) is 3.94. The maximum absolute atomic E-state index is 14.0. The molecule has 8 heteroatoms. The normalized spacial score (nSPS) is 43.1. The molecule has 3 saturated heterocycles. The van der Waals surface area contributed by atoms with Crippen LogP contribution in [0.25, 0.3) is 0 Å². The average Bonchev–Trinajstić information content (AvgIpc) is 3.64. The van der Waals surface area contributed by atoms with E-state index in [1.54, 1.807) is 6.92 Å². The number of piperazine rings is 1. The summed E-state index contributed by atoms with van der Waals surface area (Å²) in [7, 11) is 0. The third-order valence-corrected chi connectivity index (χ3v) is 11.4. The Kier molecular flexibility index (Phi) is 7.92. The van der Waals surface area contributed by atoms with Gasteiger partial charge in [-0.25, -0.2) is 9.80 Å². The second kappa shape index (κ2) is 11.1. The Labute approximate surface area is 235 Å².